The third kappa shape index (κ3) is 4.76. The maximum Gasteiger partial charge on any atom is 0.249 e. The maximum atomic E-state index is 12.3. The highest BCUT2D eigenvalue weighted by atomic mass is 16.5. The van der Waals surface area contributed by atoms with E-state index in [0.29, 0.717) is 23.9 Å². The summed E-state index contributed by atoms with van der Waals surface area (Å²) in [7, 11) is 3.17. The molecule has 27 heavy (non-hydrogen) atoms. The normalized spacial score (nSPS) is 10.7. The minimum atomic E-state index is -0.248. The standard InChI is InChI=1S/C21H21N3O3/c1-26-18-10-8-17(19(14-18)27-2)9-11-21(25)23-20-12-13-22-24(20)15-16-6-4-3-5-7-16/h3-14H,15H2,1-2H3,(H,23,25). The van der Waals surface area contributed by atoms with Crippen molar-refractivity contribution in [3.63, 3.8) is 0 Å². The van der Waals surface area contributed by atoms with Gasteiger partial charge in [-0.3, -0.25) is 4.79 Å². The molecule has 2 aromatic carbocycles. The van der Waals surface area contributed by atoms with Crippen LogP contribution in [0.5, 0.6) is 11.5 Å². The predicted octanol–water partition coefficient (Wildman–Crippen LogP) is 3.60. The Morgan fingerprint density at radius 2 is 1.93 bits per heavy atom. The number of ether oxygens (including phenoxy) is 2. The molecule has 0 unspecified atom stereocenters. The van der Waals surface area contributed by atoms with Crippen molar-refractivity contribution >= 4 is 17.8 Å². The van der Waals surface area contributed by atoms with E-state index in [9.17, 15) is 4.79 Å². The molecule has 0 fully saturated rings. The Kier molecular flexibility index (Phi) is 5.89. The van der Waals surface area contributed by atoms with E-state index in [0.717, 1.165) is 11.1 Å². The van der Waals surface area contributed by atoms with Gasteiger partial charge in [-0.1, -0.05) is 30.3 Å². The highest BCUT2D eigenvalue weighted by Crippen LogP contribution is 2.25. The summed E-state index contributed by atoms with van der Waals surface area (Å²) < 4.78 is 12.3. The lowest BCUT2D eigenvalue weighted by molar-refractivity contribution is -0.111. The number of rotatable bonds is 7. The first kappa shape index (κ1) is 18.3. The highest BCUT2D eigenvalue weighted by molar-refractivity contribution is 6.01. The van der Waals surface area contributed by atoms with E-state index in [1.165, 1.54) is 6.08 Å². The number of benzene rings is 2. The Morgan fingerprint density at radius 3 is 2.67 bits per heavy atom. The van der Waals surface area contributed by atoms with Gasteiger partial charge in [0.15, 0.2) is 0 Å². The molecule has 3 aromatic rings. The van der Waals surface area contributed by atoms with Gasteiger partial charge in [-0.05, 0) is 23.8 Å². The maximum absolute atomic E-state index is 12.3. The molecule has 0 atom stereocenters. The van der Waals surface area contributed by atoms with Crippen LogP contribution in [-0.2, 0) is 11.3 Å². The second kappa shape index (κ2) is 8.71. The van der Waals surface area contributed by atoms with Crippen LogP contribution in [0.2, 0.25) is 0 Å². The number of hydrogen-bond donors (Lipinski definition) is 1. The minimum Gasteiger partial charge on any atom is -0.497 e. The van der Waals surface area contributed by atoms with Crippen LogP contribution in [-0.4, -0.2) is 29.9 Å². The van der Waals surface area contributed by atoms with Gasteiger partial charge in [0, 0.05) is 23.8 Å². The van der Waals surface area contributed by atoms with Crippen molar-refractivity contribution < 1.29 is 14.3 Å². The number of aromatic nitrogens is 2. The van der Waals surface area contributed by atoms with Crippen LogP contribution in [0.4, 0.5) is 5.82 Å². The largest absolute Gasteiger partial charge is 0.497 e. The van der Waals surface area contributed by atoms with Crippen LogP contribution < -0.4 is 14.8 Å². The van der Waals surface area contributed by atoms with E-state index in [2.05, 4.69) is 10.4 Å². The summed E-state index contributed by atoms with van der Waals surface area (Å²) in [6.07, 6.45) is 4.82. The summed E-state index contributed by atoms with van der Waals surface area (Å²) in [5.74, 6) is 1.71. The monoisotopic (exact) mass is 363 g/mol. The topological polar surface area (TPSA) is 65.4 Å². The van der Waals surface area contributed by atoms with Crippen LogP contribution in [0, 0.1) is 0 Å². The summed E-state index contributed by atoms with van der Waals surface area (Å²) in [6, 6.07) is 17.1. The number of anilines is 1. The smallest absolute Gasteiger partial charge is 0.249 e. The van der Waals surface area contributed by atoms with Crippen molar-refractivity contribution in [3.8, 4) is 11.5 Å². The SMILES string of the molecule is COc1ccc(C=CC(=O)Nc2ccnn2Cc2ccccc2)c(OC)c1. The van der Waals surface area contributed by atoms with Crippen LogP contribution in [0.1, 0.15) is 11.1 Å². The molecule has 0 aliphatic heterocycles. The average Bonchev–Trinajstić information content (AvgIpc) is 3.13. The average molecular weight is 363 g/mol. The molecule has 1 N–H and O–H groups in total. The van der Waals surface area contributed by atoms with Crippen molar-refractivity contribution in [1.82, 2.24) is 9.78 Å². The summed E-state index contributed by atoms with van der Waals surface area (Å²) >= 11 is 0. The second-order valence-electron chi connectivity index (χ2n) is 5.79. The number of hydrogen-bond acceptors (Lipinski definition) is 4. The summed E-state index contributed by atoms with van der Waals surface area (Å²) in [5.41, 5.74) is 1.89. The van der Waals surface area contributed by atoms with E-state index in [4.69, 9.17) is 9.47 Å². The van der Waals surface area contributed by atoms with E-state index in [1.807, 2.05) is 42.5 Å². The molecule has 0 aliphatic rings. The molecule has 1 amide bonds. The third-order valence-corrected chi connectivity index (χ3v) is 4.00. The fourth-order valence-corrected chi connectivity index (χ4v) is 2.61. The van der Waals surface area contributed by atoms with Crippen LogP contribution in [0.25, 0.3) is 6.08 Å². The number of nitrogens with zero attached hydrogens (tertiary/aromatic N) is 2. The number of methoxy groups -OCH3 is 2. The molecular weight excluding hydrogens is 342 g/mol. The fraction of sp³-hybridized carbons (Fsp3) is 0.143. The van der Waals surface area contributed by atoms with Crippen molar-refractivity contribution in [2.24, 2.45) is 0 Å². The predicted molar refractivity (Wildman–Crippen MR) is 105 cm³/mol. The Morgan fingerprint density at radius 1 is 1.11 bits per heavy atom. The molecule has 0 saturated heterocycles. The molecule has 1 aromatic heterocycles. The van der Waals surface area contributed by atoms with Gasteiger partial charge < -0.3 is 14.8 Å². The Labute approximate surface area is 158 Å². The first-order valence-corrected chi connectivity index (χ1v) is 8.46. The van der Waals surface area contributed by atoms with Gasteiger partial charge in [0.05, 0.1) is 27.0 Å². The molecule has 138 valence electrons. The molecule has 0 aliphatic carbocycles. The quantitative estimate of drug-likeness (QED) is 0.652. The van der Waals surface area contributed by atoms with Crippen molar-refractivity contribution in [1.29, 1.82) is 0 Å². The van der Waals surface area contributed by atoms with Gasteiger partial charge in [0.25, 0.3) is 0 Å². The third-order valence-electron chi connectivity index (χ3n) is 4.00. The van der Waals surface area contributed by atoms with Crippen molar-refractivity contribution in [2.75, 3.05) is 19.5 Å². The molecule has 6 nitrogen and oxygen atoms in total. The van der Waals surface area contributed by atoms with Gasteiger partial charge in [0.2, 0.25) is 5.91 Å². The Balaban J connectivity index is 1.68. The van der Waals surface area contributed by atoms with Crippen molar-refractivity contribution in [2.45, 2.75) is 6.54 Å². The van der Waals surface area contributed by atoms with Gasteiger partial charge in [-0.25, -0.2) is 4.68 Å². The van der Waals surface area contributed by atoms with E-state index in [1.54, 1.807) is 43.3 Å². The highest BCUT2D eigenvalue weighted by Gasteiger charge is 2.07. The summed E-state index contributed by atoms with van der Waals surface area (Å²) in [4.78, 5) is 12.3. The minimum absolute atomic E-state index is 0.248. The summed E-state index contributed by atoms with van der Waals surface area (Å²) in [5, 5.41) is 7.12. The molecule has 0 spiro atoms. The molecule has 0 saturated carbocycles. The van der Waals surface area contributed by atoms with Crippen LogP contribution >= 0.6 is 0 Å². The van der Waals surface area contributed by atoms with Crippen LogP contribution in [0.15, 0.2) is 66.9 Å². The number of nitrogens with one attached hydrogen (secondary N) is 1. The van der Waals surface area contributed by atoms with Gasteiger partial charge in [0.1, 0.15) is 17.3 Å². The Bertz CT molecular complexity index is 933. The molecule has 0 radical (unpaired) electrons. The first-order valence-electron chi connectivity index (χ1n) is 8.46. The molecule has 6 heteroatoms. The first-order chi connectivity index (χ1) is 13.2. The van der Waals surface area contributed by atoms with E-state index in [-0.39, 0.29) is 5.91 Å². The van der Waals surface area contributed by atoms with Gasteiger partial charge in [-0.2, -0.15) is 5.10 Å². The number of carbonyl (C=O) groups is 1. The Hall–Kier alpha value is -3.54. The van der Waals surface area contributed by atoms with Gasteiger partial charge >= 0.3 is 0 Å². The van der Waals surface area contributed by atoms with E-state index >= 15 is 0 Å². The van der Waals surface area contributed by atoms with Crippen molar-refractivity contribution in [3.05, 3.63) is 78.0 Å². The zero-order valence-corrected chi connectivity index (χ0v) is 15.3. The summed E-state index contributed by atoms with van der Waals surface area (Å²) in [6.45, 7) is 0.583. The molecular formula is C21H21N3O3. The fourth-order valence-electron chi connectivity index (χ4n) is 2.61. The molecule has 3 rings (SSSR count). The second-order valence-corrected chi connectivity index (χ2v) is 5.79. The zero-order chi connectivity index (χ0) is 19.1. The number of carbonyl (C=O) groups excluding carboxylic acids is 1. The van der Waals surface area contributed by atoms with Gasteiger partial charge in [-0.15, -0.1) is 0 Å². The lowest BCUT2D eigenvalue weighted by Gasteiger charge is -2.08. The lowest BCUT2D eigenvalue weighted by Crippen LogP contribution is -2.13. The lowest BCUT2D eigenvalue weighted by atomic mass is 10.1. The van der Waals surface area contributed by atoms with E-state index < -0.39 is 0 Å². The number of amides is 1. The molecule has 0 bridgehead atoms. The molecule has 1 heterocycles. The van der Waals surface area contributed by atoms with Crippen LogP contribution in [0.3, 0.4) is 0 Å². The zero-order valence-electron chi connectivity index (χ0n) is 15.3.